The number of amides is 2. The molecule has 2 amide bonds. The number of hydrogen-bond acceptors (Lipinski definition) is 4. The summed E-state index contributed by atoms with van der Waals surface area (Å²) in [7, 11) is 0. The third-order valence-electron chi connectivity index (χ3n) is 5.17. The van der Waals surface area contributed by atoms with Crippen molar-refractivity contribution >= 4 is 11.8 Å². The Labute approximate surface area is 165 Å². The summed E-state index contributed by atoms with van der Waals surface area (Å²) < 4.78 is 42.3. The summed E-state index contributed by atoms with van der Waals surface area (Å²) in [5.41, 5.74) is 4.58. The Balaban J connectivity index is 1.89. The quantitative estimate of drug-likeness (QED) is 0.835. The number of nitrogens with two attached hydrogens (primary N) is 1. The number of rotatable bonds is 4. The van der Waals surface area contributed by atoms with E-state index in [0.29, 0.717) is 18.7 Å². The van der Waals surface area contributed by atoms with Crippen molar-refractivity contribution in [2.24, 2.45) is 5.73 Å². The van der Waals surface area contributed by atoms with Crippen LogP contribution in [0.2, 0.25) is 0 Å². The average Bonchev–Trinajstić information content (AvgIpc) is 3.12. The van der Waals surface area contributed by atoms with Crippen LogP contribution in [0, 0.1) is 6.92 Å². The molecule has 3 rings (SSSR count). The number of nitrogens with zero attached hydrogens (tertiary/aromatic N) is 4. The van der Waals surface area contributed by atoms with Crippen LogP contribution in [-0.4, -0.2) is 63.6 Å². The molecular formula is C19H22F3N5O2. The third kappa shape index (κ3) is 4.12. The number of aromatic nitrogens is 2. The fourth-order valence-electron chi connectivity index (χ4n) is 3.42. The van der Waals surface area contributed by atoms with E-state index in [0.717, 1.165) is 10.9 Å². The second-order valence-corrected chi connectivity index (χ2v) is 7.01. The van der Waals surface area contributed by atoms with Gasteiger partial charge in [0.15, 0.2) is 5.69 Å². The summed E-state index contributed by atoms with van der Waals surface area (Å²) in [6.07, 6.45) is -3.79. The number of halogens is 3. The normalized spacial score (nSPS) is 16.7. The number of carbonyl (C=O) groups excluding carboxylic acids is 2. The molecule has 7 nitrogen and oxygen atoms in total. The highest BCUT2D eigenvalue weighted by Gasteiger charge is 2.42. The highest BCUT2D eigenvalue weighted by Crippen LogP contribution is 2.35. The molecule has 1 aliphatic rings. The first-order valence-electron chi connectivity index (χ1n) is 9.15. The lowest BCUT2D eigenvalue weighted by molar-refractivity contribution is -0.143. The summed E-state index contributed by atoms with van der Waals surface area (Å²) in [4.78, 5) is 27.3. The summed E-state index contributed by atoms with van der Waals surface area (Å²) >= 11 is 0. The molecule has 1 aromatic heterocycles. The van der Waals surface area contributed by atoms with Crippen LogP contribution >= 0.6 is 0 Å². The number of alkyl halides is 3. The van der Waals surface area contributed by atoms with Crippen molar-refractivity contribution in [2.75, 3.05) is 26.2 Å². The Bertz CT molecular complexity index is 917. The number of carbonyl (C=O) groups is 2. The van der Waals surface area contributed by atoms with Gasteiger partial charge in [-0.25, -0.2) is 4.68 Å². The number of hydrogen-bond donors (Lipinski definition) is 1. The Kier molecular flexibility index (Phi) is 5.65. The number of primary amides is 1. The number of piperazine rings is 1. The highest BCUT2D eigenvalue weighted by atomic mass is 19.4. The van der Waals surface area contributed by atoms with E-state index in [2.05, 4.69) is 5.10 Å². The van der Waals surface area contributed by atoms with Gasteiger partial charge in [0.05, 0.1) is 23.5 Å². The molecule has 1 saturated heterocycles. The molecule has 1 aromatic carbocycles. The fourth-order valence-corrected chi connectivity index (χ4v) is 3.42. The van der Waals surface area contributed by atoms with Crippen molar-refractivity contribution < 1.29 is 22.8 Å². The lowest BCUT2D eigenvalue weighted by Gasteiger charge is -2.36. The molecular weight excluding hydrogens is 387 g/mol. The SMILES string of the molecule is Cc1ccccc1-n1ncc(C(=O)N2CCN(C(C)C(N)=O)CC2)c1C(F)(F)F. The lowest BCUT2D eigenvalue weighted by atomic mass is 10.1. The van der Waals surface area contributed by atoms with Gasteiger partial charge in [0.25, 0.3) is 5.91 Å². The van der Waals surface area contributed by atoms with Crippen LogP contribution in [0.15, 0.2) is 30.5 Å². The minimum absolute atomic E-state index is 0.198. The first-order chi connectivity index (χ1) is 13.6. The summed E-state index contributed by atoms with van der Waals surface area (Å²) in [5, 5.41) is 3.87. The Morgan fingerprint density at radius 2 is 1.76 bits per heavy atom. The first-order valence-corrected chi connectivity index (χ1v) is 9.15. The smallest absolute Gasteiger partial charge is 0.368 e. The zero-order valence-corrected chi connectivity index (χ0v) is 16.1. The van der Waals surface area contributed by atoms with E-state index in [-0.39, 0.29) is 18.8 Å². The zero-order valence-electron chi connectivity index (χ0n) is 16.1. The molecule has 0 aliphatic carbocycles. The predicted octanol–water partition coefficient (Wildman–Crippen LogP) is 1.83. The molecule has 0 bridgehead atoms. The van der Waals surface area contributed by atoms with E-state index in [1.165, 1.54) is 11.0 Å². The molecule has 0 saturated carbocycles. The molecule has 0 radical (unpaired) electrons. The van der Waals surface area contributed by atoms with E-state index < -0.39 is 35.3 Å². The zero-order chi connectivity index (χ0) is 21.3. The molecule has 10 heteroatoms. The van der Waals surface area contributed by atoms with Crippen molar-refractivity contribution in [1.82, 2.24) is 19.6 Å². The van der Waals surface area contributed by atoms with Crippen LogP contribution < -0.4 is 5.73 Å². The Hall–Kier alpha value is -2.88. The third-order valence-corrected chi connectivity index (χ3v) is 5.17. The van der Waals surface area contributed by atoms with E-state index in [1.54, 1.807) is 36.9 Å². The molecule has 2 aromatic rings. The van der Waals surface area contributed by atoms with Crippen molar-refractivity contribution in [2.45, 2.75) is 26.1 Å². The van der Waals surface area contributed by atoms with Gasteiger partial charge in [-0.15, -0.1) is 0 Å². The highest BCUT2D eigenvalue weighted by molar-refractivity contribution is 5.95. The largest absolute Gasteiger partial charge is 0.434 e. The van der Waals surface area contributed by atoms with Gasteiger partial charge in [-0.05, 0) is 25.5 Å². The van der Waals surface area contributed by atoms with Crippen LogP contribution in [0.25, 0.3) is 5.69 Å². The van der Waals surface area contributed by atoms with Gasteiger partial charge in [0, 0.05) is 26.2 Å². The lowest BCUT2D eigenvalue weighted by Crippen LogP contribution is -2.54. The molecule has 1 atom stereocenters. The maximum absolute atomic E-state index is 13.9. The molecule has 2 N–H and O–H groups in total. The van der Waals surface area contributed by atoms with Crippen molar-refractivity contribution in [3.8, 4) is 5.69 Å². The van der Waals surface area contributed by atoms with E-state index in [4.69, 9.17) is 5.73 Å². The van der Waals surface area contributed by atoms with Gasteiger partial charge in [0.2, 0.25) is 5.91 Å². The Morgan fingerprint density at radius 3 is 2.31 bits per heavy atom. The standard InChI is InChI=1S/C19H22F3N5O2/c1-12-5-3-4-6-15(12)27-16(19(20,21)22)14(11-24-27)18(29)26-9-7-25(8-10-26)13(2)17(23)28/h3-6,11,13H,7-10H2,1-2H3,(H2,23,28). The summed E-state index contributed by atoms with van der Waals surface area (Å²) in [6.45, 7) is 4.43. The van der Waals surface area contributed by atoms with E-state index in [1.807, 2.05) is 0 Å². The summed E-state index contributed by atoms with van der Waals surface area (Å²) in [6, 6.07) is 6.04. The molecule has 1 unspecified atom stereocenters. The minimum atomic E-state index is -4.76. The summed E-state index contributed by atoms with van der Waals surface area (Å²) in [5.74, 6) is -1.22. The van der Waals surface area contributed by atoms with Gasteiger partial charge < -0.3 is 10.6 Å². The second kappa shape index (κ2) is 7.86. The van der Waals surface area contributed by atoms with Crippen LogP contribution in [0.4, 0.5) is 13.2 Å². The maximum atomic E-state index is 13.9. The average molecular weight is 409 g/mol. The van der Waals surface area contributed by atoms with Crippen molar-refractivity contribution in [3.05, 3.63) is 47.3 Å². The van der Waals surface area contributed by atoms with Crippen LogP contribution in [-0.2, 0) is 11.0 Å². The van der Waals surface area contributed by atoms with Crippen molar-refractivity contribution in [1.29, 1.82) is 0 Å². The fraction of sp³-hybridized carbons (Fsp3) is 0.421. The van der Waals surface area contributed by atoms with E-state index >= 15 is 0 Å². The predicted molar refractivity (Wildman–Crippen MR) is 99.4 cm³/mol. The van der Waals surface area contributed by atoms with Crippen LogP contribution in [0.1, 0.15) is 28.5 Å². The van der Waals surface area contributed by atoms with Gasteiger partial charge in [-0.2, -0.15) is 18.3 Å². The first kappa shape index (κ1) is 20.8. The van der Waals surface area contributed by atoms with Gasteiger partial charge in [0.1, 0.15) is 0 Å². The number of para-hydroxylation sites is 1. The number of aryl methyl sites for hydroxylation is 1. The molecule has 2 heterocycles. The number of benzene rings is 1. The minimum Gasteiger partial charge on any atom is -0.368 e. The second-order valence-electron chi connectivity index (χ2n) is 7.01. The van der Waals surface area contributed by atoms with Crippen LogP contribution in [0.5, 0.6) is 0 Å². The maximum Gasteiger partial charge on any atom is 0.434 e. The Morgan fingerprint density at radius 1 is 1.14 bits per heavy atom. The molecule has 1 fully saturated rings. The molecule has 156 valence electrons. The van der Waals surface area contributed by atoms with Gasteiger partial charge in [-0.3, -0.25) is 14.5 Å². The molecule has 1 aliphatic heterocycles. The van der Waals surface area contributed by atoms with Crippen LogP contribution in [0.3, 0.4) is 0 Å². The van der Waals surface area contributed by atoms with Crippen molar-refractivity contribution in [3.63, 3.8) is 0 Å². The molecule has 29 heavy (non-hydrogen) atoms. The topological polar surface area (TPSA) is 84.5 Å². The molecule has 0 spiro atoms. The van der Waals surface area contributed by atoms with E-state index in [9.17, 15) is 22.8 Å². The van der Waals surface area contributed by atoms with Gasteiger partial charge >= 0.3 is 6.18 Å². The van der Waals surface area contributed by atoms with Gasteiger partial charge in [-0.1, -0.05) is 18.2 Å². The monoisotopic (exact) mass is 409 g/mol.